The Kier molecular flexibility index (Phi) is 5.62. The molecule has 1 atom stereocenters. The Morgan fingerprint density at radius 3 is 2.76 bits per heavy atom. The van der Waals surface area contributed by atoms with Gasteiger partial charge in [0.25, 0.3) is 5.91 Å². The molecule has 0 bridgehead atoms. The Morgan fingerprint density at radius 1 is 1.21 bits per heavy atom. The number of rotatable bonds is 6. The lowest BCUT2D eigenvalue weighted by atomic mass is 9.86. The topological polar surface area (TPSA) is 82.8 Å². The average Bonchev–Trinajstić information content (AvgIpc) is 3.19. The largest absolute Gasteiger partial charge is 0.493 e. The normalized spacial score (nSPS) is 19.3. The number of hydrogen-bond acceptors (Lipinski definition) is 5. The predicted octanol–water partition coefficient (Wildman–Crippen LogP) is 3.60. The molecule has 1 amide bonds. The standard InChI is InChI=1S/C23H28N2O4/c1-27-20-9-8-16(14-21(20)28-13-12-24)22(26)25-18-15-23(10-4-5-11-23)29-19-7-3-2-6-17(18)19/h2-3,6-9,14,18H,4-5,10-13,15,24H2,1H3,(H,25,26). The minimum Gasteiger partial charge on any atom is -0.493 e. The zero-order valence-corrected chi connectivity index (χ0v) is 16.8. The Labute approximate surface area is 171 Å². The van der Waals surface area contributed by atoms with Crippen LogP contribution in [0.4, 0.5) is 0 Å². The van der Waals surface area contributed by atoms with Crippen molar-refractivity contribution >= 4 is 5.91 Å². The van der Waals surface area contributed by atoms with Crippen molar-refractivity contribution in [1.29, 1.82) is 0 Å². The number of para-hydroxylation sites is 1. The third-order valence-corrected chi connectivity index (χ3v) is 5.82. The maximum absolute atomic E-state index is 13.1. The zero-order chi connectivity index (χ0) is 20.3. The summed E-state index contributed by atoms with van der Waals surface area (Å²) in [5.41, 5.74) is 6.93. The van der Waals surface area contributed by atoms with Gasteiger partial charge in [0.05, 0.1) is 13.2 Å². The first-order valence-electron chi connectivity index (χ1n) is 10.2. The van der Waals surface area contributed by atoms with Gasteiger partial charge in [-0.15, -0.1) is 0 Å². The Bertz CT molecular complexity index is 877. The van der Waals surface area contributed by atoms with E-state index in [-0.39, 0.29) is 17.6 Å². The van der Waals surface area contributed by atoms with Crippen molar-refractivity contribution in [2.24, 2.45) is 5.73 Å². The summed E-state index contributed by atoms with van der Waals surface area (Å²) in [4.78, 5) is 13.1. The molecule has 0 saturated heterocycles. The highest BCUT2D eigenvalue weighted by molar-refractivity contribution is 5.95. The monoisotopic (exact) mass is 396 g/mol. The van der Waals surface area contributed by atoms with Gasteiger partial charge in [-0.3, -0.25) is 4.79 Å². The molecule has 4 rings (SSSR count). The number of carbonyl (C=O) groups is 1. The first-order valence-corrected chi connectivity index (χ1v) is 10.2. The van der Waals surface area contributed by atoms with E-state index >= 15 is 0 Å². The van der Waals surface area contributed by atoms with Crippen LogP contribution in [-0.2, 0) is 0 Å². The molecule has 3 N–H and O–H groups in total. The number of methoxy groups -OCH3 is 1. The van der Waals surface area contributed by atoms with E-state index in [0.29, 0.717) is 30.2 Å². The fourth-order valence-electron chi connectivity index (χ4n) is 4.41. The SMILES string of the molecule is COc1ccc(C(=O)NC2CC3(CCCC3)Oc3ccccc32)cc1OCCN. The molecule has 1 unspecified atom stereocenters. The zero-order valence-electron chi connectivity index (χ0n) is 16.8. The van der Waals surface area contributed by atoms with Crippen molar-refractivity contribution in [2.45, 2.75) is 43.7 Å². The molecular formula is C23H28N2O4. The number of hydrogen-bond donors (Lipinski definition) is 2. The van der Waals surface area contributed by atoms with Crippen LogP contribution in [-0.4, -0.2) is 31.8 Å². The lowest BCUT2D eigenvalue weighted by molar-refractivity contribution is 0.0360. The van der Waals surface area contributed by atoms with Gasteiger partial charge in [0.15, 0.2) is 11.5 Å². The summed E-state index contributed by atoms with van der Waals surface area (Å²) in [6.07, 6.45) is 5.20. The summed E-state index contributed by atoms with van der Waals surface area (Å²) < 4.78 is 17.4. The average molecular weight is 396 g/mol. The van der Waals surface area contributed by atoms with E-state index in [2.05, 4.69) is 5.32 Å². The van der Waals surface area contributed by atoms with Gasteiger partial charge in [-0.25, -0.2) is 0 Å². The molecule has 2 aromatic rings. The lowest BCUT2D eigenvalue weighted by Gasteiger charge is -2.40. The fraction of sp³-hybridized carbons (Fsp3) is 0.435. The summed E-state index contributed by atoms with van der Waals surface area (Å²) in [5, 5.41) is 3.22. The smallest absolute Gasteiger partial charge is 0.251 e. The summed E-state index contributed by atoms with van der Waals surface area (Å²) >= 11 is 0. The number of benzene rings is 2. The molecule has 0 radical (unpaired) electrons. The summed E-state index contributed by atoms with van der Waals surface area (Å²) in [7, 11) is 1.57. The van der Waals surface area contributed by atoms with Crippen molar-refractivity contribution < 1.29 is 19.0 Å². The van der Waals surface area contributed by atoms with Gasteiger partial charge >= 0.3 is 0 Å². The minimum atomic E-state index is -0.165. The lowest BCUT2D eigenvalue weighted by Crippen LogP contribution is -2.43. The van der Waals surface area contributed by atoms with E-state index in [9.17, 15) is 4.79 Å². The molecule has 154 valence electrons. The molecule has 1 aliphatic carbocycles. The quantitative estimate of drug-likeness (QED) is 0.780. The molecule has 2 aliphatic rings. The van der Waals surface area contributed by atoms with Gasteiger partial charge < -0.3 is 25.3 Å². The van der Waals surface area contributed by atoms with Crippen molar-refractivity contribution in [2.75, 3.05) is 20.3 Å². The van der Waals surface area contributed by atoms with Crippen LogP contribution < -0.4 is 25.3 Å². The summed E-state index contributed by atoms with van der Waals surface area (Å²) in [6, 6.07) is 13.1. The van der Waals surface area contributed by atoms with Gasteiger partial charge in [-0.1, -0.05) is 18.2 Å². The highest BCUT2D eigenvalue weighted by Crippen LogP contribution is 2.47. The number of carbonyl (C=O) groups excluding carboxylic acids is 1. The van der Waals surface area contributed by atoms with Crippen LogP contribution in [0.5, 0.6) is 17.2 Å². The van der Waals surface area contributed by atoms with Crippen molar-refractivity contribution in [3.05, 3.63) is 53.6 Å². The molecule has 29 heavy (non-hydrogen) atoms. The van der Waals surface area contributed by atoms with Crippen LogP contribution in [0.3, 0.4) is 0 Å². The molecule has 1 heterocycles. The van der Waals surface area contributed by atoms with Crippen molar-refractivity contribution in [1.82, 2.24) is 5.32 Å². The van der Waals surface area contributed by atoms with Crippen molar-refractivity contribution in [3.8, 4) is 17.2 Å². The second kappa shape index (κ2) is 8.33. The number of nitrogens with two attached hydrogens (primary N) is 1. The van der Waals surface area contributed by atoms with Gasteiger partial charge in [0, 0.05) is 24.1 Å². The molecule has 6 nitrogen and oxygen atoms in total. The number of amides is 1. The maximum atomic E-state index is 13.1. The first-order chi connectivity index (χ1) is 14.1. The third kappa shape index (κ3) is 4.03. The van der Waals surface area contributed by atoms with Crippen LogP contribution in [0.2, 0.25) is 0 Å². The highest BCUT2D eigenvalue weighted by atomic mass is 16.5. The Hall–Kier alpha value is -2.73. The molecule has 1 aliphatic heterocycles. The van der Waals surface area contributed by atoms with Gasteiger partial charge in [0.1, 0.15) is 18.0 Å². The van der Waals surface area contributed by atoms with E-state index in [1.165, 1.54) is 12.8 Å². The van der Waals surface area contributed by atoms with Gasteiger partial charge in [-0.2, -0.15) is 0 Å². The number of ether oxygens (including phenoxy) is 3. The second-order valence-corrected chi connectivity index (χ2v) is 7.76. The molecule has 1 saturated carbocycles. The Morgan fingerprint density at radius 2 is 2.00 bits per heavy atom. The summed E-state index contributed by atoms with van der Waals surface area (Å²) in [6.45, 7) is 0.748. The highest BCUT2D eigenvalue weighted by Gasteiger charge is 2.43. The van der Waals surface area contributed by atoms with Crippen molar-refractivity contribution in [3.63, 3.8) is 0 Å². The van der Waals surface area contributed by atoms with E-state index in [1.807, 2.05) is 24.3 Å². The van der Waals surface area contributed by atoms with E-state index in [1.54, 1.807) is 25.3 Å². The second-order valence-electron chi connectivity index (χ2n) is 7.76. The van der Waals surface area contributed by atoms with Crippen LogP contribution in [0.25, 0.3) is 0 Å². The first kappa shape index (κ1) is 19.6. The molecule has 2 aromatic carbocycles. The molecular weight excluding hydrogens is 368 g/mol. The third-order valence-electron chi connectivity index (χ3n) is 5.82. The summed E-state index contributed by atoms with van der Waals surface area (Å²) in [5.74, 6) is 1.84. The van der Waals surface area contributed by atoms with E-state index in [4.69, 9.17) is 19.9 Å². The molecule has 0 aromatic heterocycles. The fourth-order valence-corrected chi connectivity index (χ4v) is 4.41. The van der Waals surface area contributed by atoms with Crippen LogP contribution >= 0.6 is 0 Å². The molecule has 6 heteroatoms. The molecule has 1 spiro atoms. The Balaban J connectivity index is 1.57. The van der Waals surface area contributed by atoms with Crippen LogP contribution in [0, 0.1) is 0 Å². The maximum Gasteiger partial charge on any atom is 0.251 e. The van der Waals surface area contributed by atoms with Crippen LogP contribution in [0.15, 0.2) is 42.5 Å². The minimum absolute atomic E-state index is 0.0824. The van der Waals surface area contributed by atoms with E-state index in [0.717, 1.165) is 30.6 Å². The number of fused-ring (bicyclic) bond motifs is 1. The van der Waals surface area contributed by atoms with Gasteiger partial charge in [-0.05, 0) is 49.9 Å². The van der Waals surface area contributed by atoms with E-state index < -0.39 is 0 Å². The van der Waals surface area contributed by atoms with Crippen LogP contribution in [0.1, 0.15) is 54.1 Å². The predicted molar refractivity (Wildman–Crippen MR) is 111 cm³/mol. The molecule has 1 fully saturated rings. The van der Waals surface area contributed by atoms with Gasteiger partial charge in [0.2, 0.25) is 0 Å². The number of nitrogens with one attached hydrogen (secondary N) is 1.